The van der Waals surface area contributed by atoms with Crippen LogP contribution < -0.4 is 11.2 Å². The summed E-state index contributed by atoms with van der Waals surface area (Å²) in [4.78, 5) is 28.5. The fourth-order valence-corrected chi connectivity index (χ4v) is 5.13. The van der Waals surface area contributed by atoms with Crippen LogP contribution in [0.4, 0.5) is 0 Å². The average molecular weight is 493 g/mol. The molecule has 5 N–H and O–H groups in total. The maximum Gasteiger partial charge on any atom is 0.397 e. The quantitative estimate of drug-likeness (QED) is 0.295. The lowest BCUT2D eigenvalue weighted by molar-refractivity contribution is -0.311. The van der Waals surface area contributed by atoms with E-state index in [-0.39, 0.29) is 17.3 Å². The highest BCUT2D eigenvalue weighted by Crippen LogP contribution is 2.35. The molecule has 33 heavy (non-hydrogen) atoms. The minimum Gasteiger partial charge on any atom is -0.387 e. The normalized spacial score (nSPS) is 33.2. The molecule has 1 aromatic rings. The first kappa shape index (κ1) is 24.5. The highest BCUT2D eigenvalue weighted by molar-refractivity contribution is 7.80. The Hall–Kier alpha value is -1.65. The highest BCUT2D eigenvalue weighted by Gasteiger charge is 2.46. The second-order valence-corrected chi connectivity index (χ2v) is 9.77. The first-order chi connectivity index (χ1) is 15.6. The number of fused-ring (bicyclic) bond motifs is 1. The molecule has 0 aromatic carbocycles. The molecule has 186 valence electrons. The molecular formula is C19H28N2O11S. The molecule has 6 atom stereocenters. The zero-order valence-electron chi connectivity index (χ0n) is 17.7. The van der Waals surface area contributed by atoms with E-state index in [1.807, 2.05) is 0 Å². The van der Waals surface area contributed by atoms with Crippen LogP contribution in [-0.4, -0.2) is 75.2 Å². The van der Waals surface area contributed by atoms with Crippen LogP contribution in [0.3, 0.4) is 0 Å². The predicted octanol–water partition coefficient (Wildman–Crippen LogP) is -1.33. The third-order valence-electron chi connectivity index (χ3n) is 6.53. The molecule has 3 aliphatic rings. The molecule has 1 saturated carbocycles. The van der Waals surface area contributed by atoms with Gasteiger partial charge in [-0.15, -0.1) is 0 Å². The lowest BCUT2D eigenvalue weighted by Gasteiger charge is -2.40. The van der Waals surface area contributed by atoms with Crippen molar-refractivity contribution in [2.45, 2.75) is 87.8 Å². The number of aromatic nitrogens is 2. The van der Waals surface area contributed by atoms with Crippen molar-refractivity contribution in [2.75, 3.05) is 6.61 Å². The number of H-pyrrole nitrogens is 1. The fraction of sp³-hybridized carbons (Fsp3) is 0.789. The van der Waals surface area contributed by atoms with Crippen LogP contribution in [0, 0.1) is 0 Å². The molecule has 4 rings (SSSR count). The minimum absolute atomic E-state index is 0.149. The molecule has 2 aliphatic carbocycles. The highest BCUT2D eigenvalue weighted by atomic mass is 32.3. The molecule has 14 heteroatoms. The molecule has 2 fully saturated rings. The molecule has 0 spiro atoms. The first-order valence-corrected chi connectivity index (χ1v) is 12.3. The number of hydrogen-bond acceptors (Lipinski definition) is 10. The molecule has 0 radical (unpaired) electrons. The Balaban J connectivity index is 1.53. The Morgan fingerprint density at radius 1 is 1.03 bits per heavy atom. The van der Waals surface area contributed by atoms with Crippen molar-refractivity contribution in [3.05, 3.63) is 32.1 Å². The van der Waals surface area contributed by atoms with E-state index in [2.05, 4.69) is 9.17 Å². The van der Waals surface area contributed by atoms with Crippen LogP contribution in [0.5, 0.6) is 0 Å². The van der Waals surface area contributed by atoms with Crippen LogP contribution >= 0.6 is 0 Å². The topological polar surface area (TPSA) is 198 Å². The lowest BCUT2D eigenvalue weighted by Crippen LogP contribution is -2.59. The number of aliphatic hydroxyl groups is 3. The summed E-state index contributed by atoms with van der Waals surface area (Å²) < 4.78 is 47.0. The SMILES string of the molecule is O=c1[nH]c2c(c(=O)n1C1CCCCC1)CCC2O[C@@H]1O[C@H](COS(=O)(=O)O)[C@@H](O)[C@H](O)[C@H]1O. The number of aliphatic hydroxyl groups excluding tert-OH is 3. The second kappa shape index (κ2) is 9.54. The van der Waals surface area contributed by atoms with Crippen molar-refractivity contribution < 1.29 is 41.9 Å². The standard InChI is InChI=1S/C19H28N2O11S/c22-14-12(8-30-33(27,28)29)32-18(16(24)15(14)23)31-11-7-6-10-13(11)20-19(26)21(17(10)25)9-4-2-1-3-5-9/h9,11-12,14-16,18,22-24H,1-8H2,(H,20,26)(H,27,28,29)/t11?,12-,14-,15+,16-,18-/m1/s1. The number of nitrogens with one attached hydrogen (secondary N) is 1. The summed E-state index contributed by atoms with van der Waals surface area (Å²) in [6.07, 6.45) is -3.89. The zero-order chi connectivity index (χ0) is 23.9. The Morgan fingerprint density at radius 2 is 1.73 bits per heavy atom. The van der Waals surface area contributed by atoms with Crippen molar-refractivity contribution in [1.82, 2.24) is 9.55 Å². The monoisotopic (exact) mass is 492 g/mol. The Labute approximate surface area is 188 Å². The Bertz CT molecular complexity index is 1080. The predicted molar refractivity (Wildman–Crippen MR) is 110 cm³/mol. The number of rotatable bonds is 6. The van der Waals surface area contributed by atoms with E-state index in [9.17, 15) is 33.3 Å². The van der Waals surface area contributed by atoms with E-state index >= 15 is 0 Å². The summed E-state index contributed by atoms with van der Waals surface area (Å²) in [5.74, 6) is 0. The van der Waals surface area contributed by atoms with Crippen LogP contribution in [0.15, 0.2) is 9.59 Å². The average Bonchev–Trinajstić information content (AvgIpc) is 3.16. The molecule has 1 saturated heterocycles. The smallest absolute Gasteiger partial charge is 0.387 e. The van der Waals surface area contributed by atoms with Gasteiger partial charge in [0.25, 0.3) is 5.56 Å². The second-order valence-electron chi connectivity index (χ2n) is 8.68. The lowest BCUT2D eigenvalue weighted by atomic mass is 9.95. The van der Waals surface area contributed by atoms with Gasteiger partial charge >= 0.3 is 16.1 Å². The van der Waals surface area contributed by atoms with Gasteiger partial charge in [0.2, 0.25) is 0 Å². The molecule has 0 amide bonds. The van der Waals surface area contributed by atoms with Crippen molar-refractivity contribution in [1.29, 1.82) is 0 Å². The summed E-state index contributed by atoms with van der Waals surface area (Å²) in [5.41, 5.74) is -0.241. The Morgan fingerprint density at radius 3 is 2.39 bits per heavy atom. The molecule has 2 heterocycles. The van der Waals surface area contributed by atoms with E-state index in [1.54, 1.807) is 0 Å². The maximum absolute atomic E-state index is 13.0. The van der Waals surface area contributed by atoms with Gasteiger partial charge in [0.1, 0.15) is 30.5 Å². The van der Waals surface area contributed by atoms with Crippen LogP contribution in [-0.2, 0) is 30.5 Å². The van der Waals surface area contributed by atoms with Crippen LogP contribution in [0.2, 0.25) is 0 Å². The number of nitrogens with zero attached hydrogens (tertiary/aromatic N) is 1. The summed E-state index contributed by atoms with van der Waals surface area (Å²) in [5, 5.41) is 30.4. The third-order valence-corrected chi connectivity index (χ3v) is 6.96. The van der Waals surface area contributed by atoms with E-state index in [0.717, 1.165) is 32.1 Å². The largest absolute Gasteiger partial charge is 0.397 e. The van der Waals surface area contributed by atoms with Gasteiger partial charge in [0.05, 0.1) is 12.3 Å². The molecular weight excluding hydrogens is 464 g/mol. The van der Waals surface area contributed by atoms with Gasteiger partial charge in [-0.3, -0.25) is 13.9 Å². The van der Waals surface area contributed by atoms with E-state index < -0.39 is 59.5 Å². The first-order valence-electron chi connectivity index (χ1n) is 10.9. The van der Waals surface area contributed by atoms with Crippen molar-refractivity contribution in [3.63, 3.8) is 0 Å². The third kappa shape index (κ3) is 5.07. The summed E-state index contributed by atoms with van der Waals surface area (Å²) in [7, 11) is -4.83. The van der Waals surface area contributed by atoms with Crippen molar-refractivity contribution in [3.8, 4) is 0 Å². The van der Waals surface area contributed by atoms with Gasteiger partial charge in [-0.25, -0.2) is 8.98 Å². The molecule has 1 unspecified atom stereocenters. The number of hydrogen-bond donors (Lipinski definition) is 5. The number of aromatic amines is 1. The number of ether oxygens (including phenoxy) is 2. The summed E-state index contributed by atoms with van der Waals surface area (Å²) in [6.45, 7) is -0.839. The molecule has 1 aliphatic heterocycles. The Kier molecular flexibility index (Phi) is 7.08. The van der Waals surface area contributed by atoms with Gasteiger partial charge in [-0.1, -0.05) is 19.3 Å². The van der Waals surface area contributed by atoms with Gasteiger partial charge in [-0.2, -0.15) is 8.42 Å². The zero-order valence-corrected chi connectivity index (χ0v) is 18.5. The van der Waals surface area contributed by atoms with Gasteiger partial charge in [0.15, 0.2) is 6.29 Å². The molecule has 1 aromatic heterocycles. The summed E-state index contributed by atoms with van der Waals surface area (Å²) in [6, 6.07) is -0.149. The van der Waals surface area contributed by atoms with E-state index in [0.29, 0.717) is 18.4 Å². The minimum atomic E-state index is -4.83. The van der Waals surface area contributed by atoms with E-state index in [1.165, 1.54) is 4.57 Å². The van der Waals surface area contributed by atoms with Crippen LogP contribution in [0.1, 0.15) is 61.9 Å². The van der Waals surface area contributed by atoms with Crippen molar-refractivity contribution in [2.24, 2.45) is 0 Å². The fourth-order valence-electron chi connectivity index (χ4n) is 4.83. The van der Waals surface area contributed by atoms with E-state index in [4.69, 9.17) is 14.0 Å². The van der Waals surface area contributed by atoms with Gasteiger partial charge in [-0.05, 0) is 25.7 Å². The van der Waals surface area contributed by atoms with Crippen molar-refractivity contribution >= 4 is 10.4 Å². The summed E-state index contributed by atoms with van der Waals surface area (Å²) >= 11 is 0. The van der Waals surface area contributed by atoms with Gasteiger partial charge in [0, 0.05) is 11.6 Å². The van der Waals surface area contributed by atoms with Gasteiger partial charge < -0.3 is 29.8 Å². The van der Waals surface area contributed by atoms with Crippen LogP contribution in [0.25, 0.3) is 0 Å². The molecule has 0 bridgehead atoms. The maximum atomic E-state index is 13.0. The molecule has 13 nitrogen and oxygen atoms in total.